The maximum atomic E-state index is 6.31. The van der Waals surface area contributed by atoms with Crippen LogP contribution in [0.2, 0.25) is 5.15 Å². The van der Waals surface area contributed by atoms with Gasteiger partial charge in [-0.2, -0.15) is 0 Å². The van der Waals surface area contributed by atoms with Gasteiger partial charge in [0, 0.05) is 19.5 Å². The van der Waals surface area contributed by atoms with Crippen LogP contribution < -0.4 is 4.90 Å². The molecule has 0 saturated heterocycles. The van der Waals surface area contributed by atoms with Crippen molar-refractivity contribution in [3.05, 3.63) is 53.6 Å². The molecule has 0 spiro atoms. The lowest BCUT2D eigenvalue weighted by atomic mass is 10.1. The fraction of sp³-hybridized carbons (Fsp3) is 0.294. The van der Waals surface area contributed by atoms with Gasteiger partial charge in [0.2, 0.25) is 0 Å². The summed E-state index contributed by atoms with van der Waals surface area (Å²) in [5.74, 6) is 1.71. The Balaban J connectivity index is 1.78. The molecule has 114 valence electrons. The highest BCUT2D eigenvalue weighted by Gasteiger charge is 2.16. The fourth-order valence-corrected chi connectivity index (χ4v) is 2.67. The highest BCUT2D eigenvalue weighted by Crippen LogP contribution is 2.26. The Morgan fingerprint density at radius 2 is 1.86 bits per heavy atom. The number of furan rings is 1. The molecular formula is C17H18ClN3O. The molecule has 2 heterocycles. The van der Waals surface area contributed by atoms with Crippen molar-refractivity contribution >= 4 is 28.5 Å². The number of rotatable bonds is 5. The first-order valence-electron chi connectivity index (χ1n) is 7.32. The minimum Gasteiger partial charge on any atom is -0.469 e. The highest BCUT2D eigenvalue weighted by molar-refractivity contribution is 6.32. The zero-order valence-corrected chi connectivity index (χ0v) is 13.4. The maximum Gasteiger partial charge on any atom is 0.172 e. The van der Waals surface area contributed by atoms with E-state index in [0.29, 0.717) is 11.0 Å². The van der Waals surface area contributed by atoms with Crippen molar-refractivity contribution in [2.24, 2.45) is 0 Å². The van der Waals surface area contributed by atoms with Gasteiger partial charge in [0.1, 0.15) is 5.76 Å². The summed E-state index contributed by atoms with van der Waals surface area (Å²) in [5, 5.41) is 0.436. The molecule has 1 atom stereocenters. The molecule has 22 heavy (non-hydrogen) atoms. The van der Waals surface area contributed by atoms with Gasteiger partial charge in [-0.15, -0.1) is 0 Å². The average Bonchev–Trinajstić information content (AvgIpc) is 3.04. The van der Waals surface area contributed by atoms with E-state index in [2.05, 4.69) is 21.8 Å². The number of aryl methyl sites for hydroxylation is 1. The molecule has 2 aromatic heterocycles. The number of nitrogens with zero attached hydrogens (tertiary/aromatic N) is 3. The Hall–Kier alpha value is -2.07. The van der Waals surface area contributed by atoms with Crippen molar-refractivity contribution in [3.8, 4) is 0 Å². The van der Waals surface area contributed by atoms with Gasteiger partial charge in [0.15, 0.2) is 11.0 Å². The average molecular weight is 316 g/mol. The summed E-state index contributed by atoms with van der Waals surface area (Å²) in [4.78, 5) is 11.2. The second-order valence-corrected chi connectivity index (χ2v) is 5.76. The molecule has 4 nitrogen and oxygen atoms in total. The number of benzene rings is 1. The third-order valence-corrected chi connectivity index (χ3v) is 4.15. The zero-order valence-electron chi connectivity index (χ0n) is 12.7. The number of anilines is 1. The molecule has 0 aliphatic heterocycles. The lowest BCUT2D eigenvalue weighted by Crippen LogP contribution is -2.30. The third-order valence-electron chi connectivity index (χ3n) is 3.90. The van der Waals surface area contributed by atoms with Crippen molar-refractivity contribution in [1.82, 2.24) is 9.97 Å². The Kier molecular flexibility index (Phi) is 4.29. The lowest BCUT2D eigenvalue weighted by Gasteiger charge is -2.26. The van der Waals surface area contributed by atoms with Gasteiger partial charge in [0.05, 0.1) is 17.3 Å². The standard InChI is InChI=1S/C17H18ClN3O/c1-12(9-10-13-6-5-11-22-13)21(2)17-16(18)19-14-7-3-4-8-15(14)20-17/h3-8,11-12H,9-10H2,1-2H3. The number of hydrogen-bond donors (Lipinski definition) is 0. The predicted molar refractivity (Wildman–Crippen MR) is 89.4 cm³/mol. The monoisotopic (exact) mass is 315 g/mol. The van der Waals surface area contributed by atoms with E-state index in [1.165, 1.54) is 0 Å². The molecule has 1 aromatic carbocycles. The van der Waals surface area contributed by atoms with Crippen molar-refractivity contribution in [2.45, 2.75) is 25.8 Å². The van der Waals surface area contributed by atoms with Crippen LogP contribution in [-0.2, 0) is 6.42 Å². The summed E-state index contributed by atoms with van der Waals surface area (Å²) in [6, 6.07) is 11.9. The van der Waals surface area contributed by atoms with Gasteiger partial charge in [-0.1, -0.05) is 23.7 Å². The largest absolute Gasteiger partial charge is 0.469 e. The maximum absolute atomic E-state index is 6.31. The van der Waals surface area contributed by atoms with E-state index in [-0.39, 0.29) is 6.04 Å². The van der Waals surface area contributed by atoms with Crippen LogP contribution in [0.3, 0.4) is 0 Å². The molecular weight excluding hydrogens is 298 g/mol. The number of fused-ring (bicyclic) bond motifs is 1. The van der Waals surface area contributed by atoms with Crippen LogP contribution in [0, 0.1) is 0 Å². The van der Waals surface area contributed by atoms with E-state index >= 15 is 0 Å². The van der Waals surface area contributed by atoms with Gasteiger partial charge in [-0.25, -0.2) is 9.97 Å². The van der Waals surface area contributed by atoms with Gasteiger partial charge in [0.25, 0.3) is 0 Å². The number of aromatic nitrogens is 2. The summed E-state index contributed by atoms with van der Waals surface area (Å²) < 4.78 is 5.38. The van der Waals surface area contributed by atoms with Crippen molar-refractivity contribution < 1.29 is 4.42 Å². The molecule has 0 fully saturated rings. The minimum absolute atomic E-state index is 0.276. The Labute approximate surface area is 134 Å². The molecule has 0 radical (unpaired) electrons. The van der Waals surface area contributed by atoms with Crippen LogP contribution in [-0.4, -0.2) is 23.1 Å². The Bertz CT molecular complexity index is 758. The van der Waals surface area contributed by atoms with Crippen molar-refractivity contribution in [3.63, 3.8) is 0 Å². The Morgan fingerprint density at radius 1 is 1.14 bits per heavy atom. The first-order valence-corrected chi connectivity index (χ1v) is 7.70. The first-order chi connectivity index (χ1) is 10.6. The zero-order chi connectivity index (χ0) is 15.5. The second kappa shape index (κ2) is 6.36. The predicted octanol–water partition coefficient (Wildman–Crippen LogP) is 4.33. The highest BCUT2D eigenvalue weighted by atomic mass is 35.5. The van der Waals surface area contributed by atoms with Gasteiger partial charge < -0.3 is 9.32 Å². The van der Waals surface area contributed by atoms with Crippen LogP contribution in [0.1, 0.15) is 19.1 Å². The molecule has 0 N–H and O–H groups in total. The number of hydrogen-bond acceptors (Lipinski definition) is 4. The molecule has 0 amide bonds. The van der Waals surface area contributed by atoms with Gasteiger partial charge in [-0.3, -0.25) is 0 Å². The molecule has 3 aromatic rings. The van der Waals surface area contributed by atoms with Crippen molar-refractivity contribution in [1.29, 1.82) is 0 Å². The molecule has 1 unspecified atom stereocenters. The molecule has 3 rings (SSSR count). The molecule has 0 bridgehead atoms. The summed E-state index contributed by atoms with van der Waals surface area (Å²) >= 11 is 6.31. The molecule has 5 heteroatoms. The molecule has 0 aliphatic carbocycles. The molecule has 0 saturated carbocycles. The number of para-hydroxylation sites is 2. The van der Waals surface area contributed by atoms with Crippen LogP contribution in [0.15, 0.2) is 47.1 Å². The first kappa shape index (κ1) is 14.9. The van der Waals surface area contributed by atoms with E-state index in [9.17, 15) is 0 Å². The Morgan fingerprint density at radius 3 is 2.55 bits per heavy atom. The smallest absolute Gasteiger partial charge is 0.172 e. The van der Waals surface area contributed by atoms with E-state index < -0.39 is 0 Å². The van der Waals surface area contributed by atoms with Crippen LogP contribution in [0.5, 0.6) is 0 Å². The normalized spacial score (nSPS) is 12.5. The van der Waals surface area contributed by atoms with Crippen LogP contribution in [0.4, 0.5) is 5.82 Å². The van der Waals surface area contributed by atoms with Crippen LogP contribution in [0.25, 0.3) is 11.0 Å². The van der Waals surface area contributed by atoms with E-state index in [1.807, 2.05) is 43.4 Å². The van der Waals surface area contributed by atoms with E-state index in [0.717, 1.165) is 29.6 Å². The van der Waals surface area contributed by atoms with E-state index in [4.69, 9.17) is 16.0 Å². The summed E-state index contributed by atoms with van der Waals surface area (Å²) in [7, 11) is 2.00. The molecule has 0 aliphatic rings. The van der Waals surface area contributed by atoms with Crippen LogP contribution >= 0.6 is 11.6 Å². The lowest BCUT2D eigenvalue weighted by molar-refractivity contribution is 0.486. The fourth-order valence-electron chi connectivity index (χ4n) is 2.40. The minimum atomic E-state index is 0.276. The second-order valence-electron chi connectivity index (χ2n) is 5.40. The van der Waals surface area contributed by atoms with Gasteiger partial charge in [-0.05, 0) is 37.6 Å². The topological polar surface area (TPSA) is 42.2 Å². The summed E-state index contributed by atoms with van der Waals surface area (Å²) in [5.41, 5.74) is 1.67. The van der Waals surface area contributed by atoms with E-state index in [1.54, 1.807) is 6.26 Å². The van der Waals surface area contributed by atoms with Crippen molar-refractivity contribution in [2.75, 3.05) is 11.9 Å². The van der Waals surface area contributed by atoms with Gasteiger partial charge >= 0.3 is 0 Å². The SMILES string of the molecule is CC(CCc1ccco1)N(C)c1nc2ccccc2nc1Cl. The summed E-state index contributed by atoms with van der Waals surface area (Å²) in [6.07, 6.45) is 3.54. The quantitative estimate of drug-likeness (QED) is 0.702. The third kappa shape index (κ3) is 3.07. The number of halogens is 1. The summed E-state index contributed by atoms with van der Waals surface area (Å²) in [6.45, 7) is 2.15.